The van der Waals surface area contributed by atoms with Crippen molar-refractivity contribution in [2.45, 2.75) is 44.2 Å². The number of amides is 1. The van der Waals surface area contributed by atoms with E-state index in [0.717, 1.165) is 21.4 Å². The largest absolute Gasteiger partial charge is 0.350 e. The molecule has 0 saturated carbocycles. The fourth-order valence-corrected chi connectivity index (χ4v) is 2.58. The van der Waals surface area contributed by atoms with Gasteiger partial charge >= 0.3 is 0 Å². The molecule has 1 N–H and O–H groups in total. The zero-order valence-corrected chi connectivity index (χ0v) is 14.4. The van der Waals surface area contributed by atoms with Crippen LogP contribution in [0.5, 0.6) is 0 Å². The Bertz CT molecular complexity index is 705. The monoisotopic (exact) mass is 329 g/mol. The molecule has 1 rings (SSSR count). The smallest absolute Gasteiger partial charge is 0.251 e. The summed E-state index contributed by atoms with van der Waals surface area (Å²) in [6.07, 6.45) is 1.93. The minimum Gasteiger partial charge on any atom is -0.350 e. The van der Waals surface area contributed by atoms with Crippen molar-refractivity contribution in [1.29, 1.82) is 0 Å². The van der Waals surface area contributed by atoms with Gasteiger partial charge in [-0.05, 0) is 26.3 Å². The van der Waals surface area contributed by atoms with Crippen molar-refractivity contribution >= 4 is 15.9 Å². The Labute approximate surface area is 131 Å². The lowest BCUT2D eigenvalue weighted by molar-refractivity contribution is -0.123. The first-order chi connectivity index (χ1) is 9.99. The summed E-state index contributed by atoms with van der Waals surface area (Å²) < 4.78 is 26.3. The van der Waals surface area contributed by atoms with E-state index in [0.29, 0.717) is 0 Å². The van der Waals surface area contributed by atoms with Crippen molar-refractivity contribution < 1.29 is 13.2 Å². The molecular weight excluding hydrogens is 306 g/mol. The summed E-state index contributed by atoms with van der Waals surface area (Å²) in [6.45, 7) is 5.47. The summed E-state index contributed by atoms with van der Waals surface area (Å²) in [5.41, 5.74) is -0.809. The molecule has 8 heteroatoms. The maximum absolute atomic E-state index is 12.1. The molecule has 22 heavy (non-hydrogen) atoms. The van der Waals surface area contributed by atoms with Gasteiger partial charge in [0.25, 0.3) is 5.56 Å². The summed E-state index contributed by atoms with van der Waals surface area (Å²) in [5, 5.41) is 2.80. The van der Waals surface area contributed by atoms with Gasteiger partial charge in [-0.3, -0.25) is 9.59 Å². The molecule has 124 valence electrons. The zero-order chi connectivity index (χ0) is 17.1. The highest BCUT2D eigenvalue weighted by atomic mass is 32.2. The standard InChI is InChI=1S/C14H23N3O4S/c1-6-14(2,3)15-12(18)10-17-9-11(7-8-13(17)19)22(20,21)16(4)5/h7-9H,6,10H2,1-5H3,(H,15,18). The van der Waals surface area contributed by atoms with Crippen molar-refractivity contribution in [3.63, 3.8) is 0 Å². The van der Waals surface area contributed by atoms with E-state index in [1.165, 1.54) is 26.4 Å². The molecule has 0 aliphatic carbocycles. The molecule has 0 aromatic carbocycles. The molecule has 0 unspecified atom stereocenters. The molecule has 0 fully saturated rings. The van der Waals surface area contributed by atoms with Crippen molar-refractivity contribution in [2.24, 2.45) is 0 Å². The van der Waals surface area contributed by atoms with Crippen LogP contribution in [0.25, 0.3) is 0 Å². The summed E-state index contributed by atoms with van der Waals surface area (Å²) in [7, 11) is -0.842. The van der Waals surface area contributed by atoms with Crippen LogP contribution in [0.15, 0.2) is 28.0 Å². The first kappa shape index (κ1) is 18.4. The minimum absolute atomic E-state index is 0.0281. The van der Waals surface area contributed by atoms with Gasteiger partial charge in [-0.1, -0.05) is 6.92 Å². The molecule has 0 atom stereocenters. The number of carbonyl (C=O) groups is 1. The van der Waals surface area contributed by atoms with E-state index in [-0.39, 0.29) is 22.9 Å². The van der Waals surface area contributed by atoms with Crippen molar-refractivity contribution in [1.82, 2.24) is 14.2 Å². The maximum atomic E-state index is 12.1. The van der Waals surface area contributed by atoms with Crippen LogP contribution in [-0.4, -0.2) is 42.8 Å². The summed E-state index contributed by atoms with van der Waals surface area (Å²) in [5.74, 6) is -0.339. The van der Waals surface area contributed by atoms with Gasteiger partial charge in [0.2, 0.25) is 15.9 Å². The Morgan fingerprint density at radius 3 is 2.41 bits per heavy atom. The Morgan fingerprint density at radius 1 is 1.32 bits per heavy atom. The van der Waals surface area contributed by atoms with Crippen molar-refractivity contribution in [2.75, 3.05) is 14.1 Å². The van der Waals surface area contributed by atoms with Gasteiger partial charge in [-0.25, -0.2) is 12.7 Å². The van der Waals surface area contributed by atoms with E-state index in [9.17, 15) is 18.0 Å². The van der Waals surface area contributed by atoms with E-state index in [4.69, 9.17) is 0 Å². The number of pyridine rings is 1. The Kier molecular flexibility index (Phi) is 5.53. The highest BCUT2D eigenvalue weighted by Crippen LogP contribution is 2.11. The molecule has 0 aliphatic heterocycles. The third kappa shape index (κ3) is 4.41. The van der Waals surface area contributed by atoms with E-state index in [2.05, 4.69) is 5.32 Å². The number of nitrogens with zero attached hydrogens (tertiary/aromatic N) is 2. The molecule has 0 aliphatic rings. The first-order valence-electron chi connectivity index (χ1n) is 6.93. The lowest BCUT2D eigenvalue weighted by Gasteiger charge is -2.24. The van der Waals surface area contributed by atoms with Crippen LogP contribution in [0.4, 0.5) is 0 Å². The number of sulfonamides is 1. The zero-order valence-electron chi connectivity index (χ0n) is 13.6. The fourth-order valence-electron chi connectivity index (χ4n) is 1.66. The molecule has 7 nitrogen and oxygen atoms in total. The van der Waals surface area contributed by atoms with Gasteiger partial charge < -0.3 is 9.88 Å². The fraction of sp³-hybridized carbons (Fsp3) is 0.571. The van der Waals surface area contributed by atoms with Crippen LogP contribution in [0.2, 0.25) is 0 Å². The SMILES string of the molecule is CCC(C)(C)NC(=O)Cn1cc(S(=O)(=O)N(C)C)ccc1=O. The van der Waals surface area contributed by atoms with Gasteiger partial charge in [0.1, 0.15) is 6.54 Å². The Hall–Kier alpha value is -1.67. The summed E-state index contributed by atoms with van der Waals surface area (Å²) >= 11 is 0. The number of hydrogen-bond donors (Lipinski definition) is 1. The predicted octanol–water partition coefficient (Wildman–Crippen LogP) is 0.403. The number of aromatic nitrogens is 1. The highest BCUT2D eigenvalue weighted by Gasteiger charge is 2.20. The van der Waals surface area contributed by atoms with Crippen LogP contribution >= 0.6 is 0 Å². The van der Waals surface area contributed by atoms with Crippen molar-refractivity contribution in [3.05, 3.63) is 28.7 Å². The average Bonchev–Trinajstić information content (AvgIpc) is 2.40. The predicted molar refractivity (Wildman–Crippen MR) is 84.1 cm³/mol. The molecule has 1 aromatic rings. The highest BCUT2D eigenvalue weighted by molar-refractivity contribution is 7.89. The van der Waals surface area contributed by atoms with Gasteiger partial charge in [-0.15, -0.1) is 0 Å². The molecule has 1 amide bonds. The first-order valence-corrected chi connectivity index (χ1v) is 8.37. The van der Waals surface area contributed by atoms with E-state index in [1.807, 2.05) is 20.8 Å². The number of hydrogen-bond acceptors (Lipinski definition) is 4. The number of rotatable bonds is 6. The van der Waals surface area contributed by atoms with Crippen LogP contribution < -0.4 is 10.9 Å². The molecule has 1 aromatic heterocycles. The molecule has 1 heterocycles. The van der Waals surface area contributed by atoms with Gasteiger partial charge in [0.05, 0.1) is 4.90 Å². The molecule has 0 bridgehead atoms. The third-order valence-electron chi connectivity index (χ3n) is 3.41. The average molecular weight is 329 g/mol. The minimum atomic E-state index is -3.65. The second kappa shape index (κ2) is 6.62. The summed E-state index contributed by atoms with van der Waals surface area (Å²) in [4.78, 5) is 23.8. The normalized spacial score (nSPS) is 12.5. The maximum Gasteiger partial charge on any atom is 0.251 e. The van der Waals surface area contributed by atoms with E-state index < -0.39 is 15.6 Å². The van der Waals surface area contributed by atoms with Crippen LogP contribution in [-0.2, 0) is 21.4 Å². The van der Waals surface area contributed by atoms with Crippen LogP contribution in [0.1, 0.15) is 27.2 Å². The van der Waals surface area contributed by atoms with E-state index >= 15 is 0 Å². The number of nitrogens with one attached hydrogen (secondary N) is 1. The molecular formula is C14H23N3O4S. The van der Waals surface area contributed by atoms with Gasteiger partial charge in [0, 0.05) is 31.9 Å². The lowest BCUT2D eigenvalue weighted by atomic mass is 10.0. The molecule has 0 radical (unpaired) electrons. The molecule has 0 spiro atoms. The Balaban J connectivity index is 3.07. The number of carbonyl (C=O) groups excluding carboxylic acids is 1. The van der Waals surface area contributed by atoms with Crippen molar-refractivity contribution in [3.8, 4) is 0 Å². The Morgan fingerprint density at radius 2 is 1.91 bits per heavy atom. The second-order valence-electron chi connectivity index (χ2n) is 5.90. The molecule has 0 saturated heterocycles. The van der Waals surface area contributed by atoms with Gasteiger partial charge in [-0.2, -0.15) is 0 Å². The van der Waals surface area contributed by atoms with E-state index in [1.54, 1.807) is 0 Å². The van der Waals surface area contributed by atoms with Gasteiger partial charge in [0.15, 0.2) is 0 Å². The topological polar surface area (TPSA) is 88.5 Å². The van der Waals surface area contributed by atoms with Crippen LogP contribution in [0, 0.1) is 0 Å². The second-order valence-corrected chi connectivity index (χ2v) is 8.06. The third-order valence-corrected chi connectivity index (χ3v) is 5.21. The lowest BCUT2D eigenvalue weighted by Crippen LogP contribution is -2.45. The van der Waals surface area contributed by atoms with Crippen LogP contribution in [0.3, 0.4) is 0 Å². The summed E-state index contributed by atoms with van der Waals surface area (Å²) in [6, 6.07) is 2.39. The quantitative estimate of drug-likeness (QED) is 0.818.